The maximum atomic E-state index is 3.54. The van der Waals surface area contributed by atoms with Gasteiger partial charge in [-0.1, -0.05) is 46.1 Å². The van der Waals surface area contributed by atoms with Gasteiger partial charge in [0.1, 0.15) is 0 Å². The minimum atomic E-state index is 0. The van der Waals surface area contributed by atoms with E-state index in [4.69, 9.17) is 0 Å². The predicted molar refractivity (Wildman–Crippen MR) is 65.3 cm³/mol. The van der Waals surface area contributed by atoms with Gasteiger partial charge in [-0.15, -0.1) is 27.8 Å². The van der Waals surface area contributed by atoms with Crippen molar-refractivity contribution in [3.8, 4) is 0 Å². The van der Waals surface area contributed by atoms with Crippen LogP contribution < -0.4 is 0 Å². The quantitative estimate of drug-likeness (QED) is 0.477. The van der Waals surface area contributed by atoms with Crippen LogP contribution in [0.1, 0.15) is 53.1 Å². The van der Waals surface area contributed by atoms with E-state index in [1.807, 2.05) is 0 Å². The number of benzene rings is 1. The minimum Gasteiger partial charge on any atom is -0.186 e. The van der Waals surface area contributed by atoms with Crippen molar-refractivity contribution >= 4 is 0 Å². The summed E-state index contributed by atoms with van der Waals surface area (Å²) in [5.41, 5.74) is 10.0. The van der Waals surface area contributed by atoms with E-state index in [-0.39, 0.29) is 21.7 Å². The molecule has 1 atom stereocenters. The van der Waals surface area contributed by atoms with Gasteiger partial charge >= 0.3 is 0 Å². The van der Waals surface area contributed by atoms with Crippen LogP contribution in [0.3, 0.4) is 0 Å². The Bertz CT molecular complexity index is 467. The minimum absolute atomic E-state index is 0. The smallest absolute Gasteiger partial charge is 0 e. The Morgan fingerprint density at radius 1 is 0.812 bits per heavy atom. The second-order valence-corrected chi connectivity index (χ2v) is 4.82. The monoisotopic (exact) mass is 247 g/mol. The zero-order valence-corrected chi connectivity index (χ0v) is 12.6. The summed E-state index contributed by atoms with van der Waals surface area (Å²) in [6, 6.07) is 0. The van der Waals surface area contributed by atoms with E-state index < -0.39 is 0 Å². The SMILES string of the molecule is CC1=[C-]c2c(C)c(C)c(C)c(C)c2C1C.[Ti]. The van der Waals surface area contributed by atoms with Crippen LogP contribution in [-0.4, -0.2) is 0 Å². The molecule has 0 spiro atoms. The molecule has 1 unspecified atom stereocenters. The number of rotatable bonds is 0. The zero-order valence-electron chi connectivity index (χ0n) is 11.1. The molecule has 0 N–H and O–H groups in total. The average Bonchev–Trinajstić information content (AvgIpc) is 2.50. The maximum absolute atomic E-state index is 3.54. The van der Waals surface area contributed by atoms with Crippen molar-refractivity contribution in [2.75, 3.05) is 0 Å². The second kappa shape index (κ2) is 4.51. The van der Waals surface area contributed by atoms with Crippen molar-refractivity contribution < 1.29 is 21.7 Å². The van der Waals surface area contributed by atoms with Crippen molar-refractivity contribution in [1.29, 1.82) is 0 Å². The Labute approximate surface area is 114 Å². The normalized spacial score (nSPS) is 17.9. The summed E-state index contributed by atoms with van der Waals surface area (Å²) in [5, 5.41) is 0. The van der Waals surface area contributed by atoms with E-state index in [0.29, 0.717) is 5.92 Å². The van der Waals surface area contributed by atoms with Gasteiger partial charge < -0.3 is 0 Å². The molecule has 1 aliphatic rings. The number of hydrogen-bond acceptors (Lipinski definition) is 0. The fraction of sp³-hybridized carbons (Fsp3) is 0.467. The van der Waals surface area contributed by atoms with Crippen molar-refractivity contribution in [2.45, 2.75) is 47.5 Å². The Morgan fingerprint density at radius 2 is 1.31 bits per heavy atom. The summed E-state index contributed by atoms with van der Waals surface area (Å²) in [6.45, 7) is 13.4. The molecule has 0 heterocycles. The Balaban J connectivity index is 0.00000128. The van der Waals surface area contributed by atoms with Crippen molar-refractivity contribution in [3.05, 3.63) is 45.0 Å². The van der Waals surface area contributed by atoms with Gasteiger partial charge in [0, 0.05) is 21.7 Å². The average molecular weight is 247 g/mol. The van der Waals surface area contributed by atoms with Crippen LogP contribution in [0.25, 0.3) is 0 Å². The van der Waals surface area contributed by atoms with Crippen LogP contribution in [0.5, 0.6) is 0 Å². The first-order chi connectivity index (χ1) is 6.95. The maximum Gasteiger partial charge on any atom is 0 e. The molecule has 0 saturated carbocycles. The first-order valence-corrected chi connectivity index (χ1v) is 5.65. The molecule has 0 radical (unpaired) electrons. The second-order valence-electron chi connectivity index (χ2n) is 4.82. The first kappa shape index (κ1) is 13.7. The van der Waals surface area contributed by atoms with Gasteiger partial charge in [-0.25, -0.2) is 0 Å². The molecule has 0 amide bonds. The Kier molecular flexibility index (Phi) is 3.87. The molecule has 0 fully saturated rings. The van der Waals surface area contributed by atoms with Gasteiger partial charge in [0.2, 0.25) is 0 Å². The molecule has 84 valence electrons. The van der Waals surface area contributed by atoms with Crippen LogP contribution in [0, 0.1) is 33.8 Å². The van der Waals surface area contributed by atoms with Gasteiger partial charge in [-0.3, -0.25) is 0 Å². The third-order valence-corrected chi connectivity index (χ3v) is 4.14. The predicted octanol–water partition coefficient (Wildman–Crippen LogP) is 4.13. The molecule has 1 aromatic rings. The molecule has 1 aromatic carbocycles. The molecule has 1 aliphatic carbocycles. The third kappa shape index (κ3) is 1.73. The first-order valence-electron chi connectivity index (χ1n) is 5.65. The van der Waals surface area contributed by atoms with Gasteiger partial charge in [-0.05, 0) is 6.92 Å². The molecule has 0 bridgehead atoms. The molecular weight excluding hydrogens is 228 g/mol. The molecule has 0 aromatic heterocycles. The van der Waals surface area contributed by atoms with E-state index in [0.717, 1.165) is 0 Å². The number of fused-ring (bicyclic) bond motifs is 1. The zero-order chi connectivity index (χ0) is 11.3. The Morgan fingerprint density at radius 3 is 1.88 bits per heavy atom. The molecular formula is C15H19Ti-. The standard InChI is InChI=1S/C15H19.Ti/c1-8-7-14-12(5)10(3)11(4)13(6)15(14)9(8)2;/h9H,1-6H3;/q-1;. The molecule has 1 heteroatoms. The van der Waals surface area contributed by atoms with Crippen LogP contribution >= 0.6 is 0 Å². The summed E-state index contributed by atoms with van der Waals surface area (Å²) < 4.78 is 0. The summed E-state index contributed by atoms with van der Waals surface area (Å²) in [7, 11) is 0. The summed E-state index contributed by atoms with van der Waals surface area (Å²) in [4.78, 5) is 0. The molecule has 0 nitrogen and oxygen atoms in total. The van der Waals surface area contributed by atoms with E-state index in [9.17, 15) is 0 Å². The Hall–Kier alpha value is -0.326. The van der Waals surface area contributed by atoms with Gasteiger partial charge in [0.25, 0.3) is 0 Å². The largest absolute Gasteiger partial charge is 0.186 e. The van der Waals surface area contributed by atoms with Crippen LogP contribution in [-0.2, 0) is 21.7 Å². The van der Waals surface area contributed by atoms with Crippen LogP contribution in [0.15, 0.2) is 5.57 Å². The fourth-order valence-corrected chi connectivity index (χ4v) is 2.57. The van der Waals surface area contributed by atoms with Crippen LogP contribution in [0.2, 0.25) is 0 Å². The number of hydrogen-bond donors (Lipinski definition) is 0. The third-order valence-electron chi connectivity index (χ3n) is 4.14. The van der Waals surface area contributed by atoms with Gasteiger partial charge in [0.15, 0.2) is 0 Å². The fourth-order valence-electron chi connectivity index (χ4n) is 2.57. The van der Waals surface area contributed by atoms with Crippen molar-refractivity contribution in [2.24, 2.45) is 0 Å². The number of allylic oxidation sites excluding steroid dienone is 1. The molecule has 16 heavy (non-hydrogen) atoms. The van der Waals surface area contributed by atoms with E-state index in [1.54, 1.807) is 0 Å². The summed E-state index contributed by atoms with van der Waals surface area (Å²) in [5.74, 6) is 0.554. The van der Waals surface area contributed by atoms with Crippen molar-refractivity contribution in [3.63, 3.8) is 0 Å². The summed E-state index contributed by atoms with van der Waals surface area (Å²) in [6.07, 6.45) is 3.54. The topological polar surface area (TPSA) is 0 Å². The van der Waals surface area contributed by atoms with E-state index >= 15 is 0 Å². The van der Waals surface area contributed by atoms with Gasteiger partial charge in [0.05, 0.1) is 0 Å². The molecule has 0 aliphatic heterocycles. The molecule has 2 rings (SSSR count). The molecule has 0 saturated heterocycles. The van der Waals surface area contributed by atoms with E-state index in [2.05, 4.69) is 47.6 Å². The van der Waals surface area contributed by atoms with Gasteiger partial charge in [-0.2, -0.15) is 11.6 Å². The van der Waals surface area contributed by atoms with Crippen LogP contribution in [0.4, 0.5) is 0 Å². The summed E-state index contributed by atoms with van der Waals surface area (Å²) >= 11 is 0. The van der Waals surface area contributed by atoms with Crippen molar-refractivity contribution in [1.82, 2.24) is 0 Å². The van der Waals surface area contributed by atoms with E-state index in [1.165, 1.54) is 39.0 Å².